The van der Waals surface area contributed by atoms with E-state index >= 15 is 0 Å². The molecular formula is C23H23F2N7O2. The average molecular weight is 467 g/mol. The largest absolute Gasteiger partial charge is 0.386 e. The van der Waals surface area contributed by atoms with Crippen molar-refractivity contribution in [2.75, 3.05) is 36.5 Å². The van der Waals surface area contributed by atoms with Gasteiger partial charge in [0.05, 0.1) is 30.5 Å². The number of nitrogens with zero attached hydrogens (tertiary/aromatic N) is 6. The molecule has 0 aliphatic carbocycles. The third kappa shape index (κ3) is 4.27. The van der Waals surface area contributed by atoms with E-state index in [-0.39, 0.29) is 11.3 Å². The van der Waals surface area contributed by atoms with Gasteiger partial charge in [-0.05, 0) is 31.5 Å². The van der Waals surface area contributed by atoms with Gasteiger partial charge in [-0.15, -0.1) is 0 Å². The quantitative estimate of drug-likeness (QED) is 0.461. The fourth-order valence-electron chi connectivity index (χ4n) is 3.80. The summed E-state index contributed by atoms with van der Waals surface area (Å²) in [7, 11) is 0. The zero-order valence-electron chi connectivity index (χ0n) is 18.7. The first kappa shape index (κ1) is 22.1. The molecule has 1 saturated heterocycles. The van der Waals surface area contributed by atoms with Gasteiger partial charge < -0.3 is 20.1 Å². The highest BCUT2D eigenvalue weighted by molar-refractivity contribution is 5.82. The molecule has 11 heteroatoms. The van der Waals surface area contributed by atoms with Crippen molar-refractivity contribution in [3.05, 3.63) is 60.2 Å². The van der Waals surface area contributed by atoms with E-state index < -0.39 is 17.2 Å². The van der Waals surface area contributed by atoms with E-state index in [1.165, 1.54) is 31.1 Å². The van der Waals surface area contributed by atoms with Crippen molar-refractivity contribution < 1.29 is 18.6 Å². The Kier molecular flexibility index (Phi) is 5.58. The number of hydrogen-bond acceptors (Lipinski definition) is 8. The highest BCUT2D eigenvalue weighted by atomic mass is 19.1. The van der Waals surface area contributed by atoms with Crippen molar-refractivity contribution in [2.24, 2.45) is 0 Å². The Morgan fingerprint density at radius 2 is 1.68 bits per heavy atom. The molecule has 5 rings (SSSR count). The van der Waals surface area contributed by atoms with Crippen LogP contribution in [0.5, 0.6) is 0 Å². The van der Waals surface area contributed by atoms with Crippen LogP contribution in [-0.2, 0) is 10.3 Å². The number of rotatable bonds is 5. The van der Waals surface area contributed by atoms with Crippen LogP contribution in [0.25, 0.3) is 16.6 Å². The van der Waals surface area contributed by atoms with E-state index in [0.717, 1.165) is 31.0 Å². The van der Waals surface area contributed by atoms with Gasteiger partial charge in [-0.1, -0.05) is 0 Å². The zero-order chi connectivity index (χ0) is 23.9. The Balaban J connectivity index is 1.48. The predicted molar refractivity (Wildman–Crippen MR) is 122 cm³/mol. The molecule has 1 aromatic carbocycles. The van der Waals surface area contributed by atoms with Crippen molar-refractivity contribution in [1.82, 2.24) is 24.7 Å². The van der Waals surface area contributed by atoms with Gasteiger partial charge in [-0.3, -0.25) is 0 Å². The van der Waals surface area contributed by atoms with Crippen LogP contribution in [0, 0.1) is 11.6 Å². The molecule has 2 N–H and O–H groups in total. The van der Waals surface area contributed by atoms with Gasteiger partial charge in [-0.2, -0.15) is 5.10 Å². The third-order valence-corrected chi connectivity index (χ3v) is 5.63. The Labute approximate surface area is 194 Å². The van der Waals surface area contributed by atoms with Crippen molar-refractivity contribution in [1.29, 1.82) is 0 Å². The van der Waals surface area contributed by atoms with Crippen LogP contribution in [0.15, 0.2) is 43.0 Å². The fraction of sp³-hybridized carbons (Fsp3) is 0.304. The number of morpholine rings is 1. The van der Waals surface area contributed by atoms with Crippen molar-refractivity contribution in [3.8, 4) is 5.69 Å². The van der Waals surface area contributed by atoms with Crippen molar-refractivity contribution in [3.63, 3.8) is 0 Å². The maximum absolute atomic E-state index is 14.9. The number of nitrogens with one attached hydrogen (secondary N) is 1. The topological polar surface area (TPSA) is 101 Å². The van der Waals surface area contributed by atoms with Gasteiger partial charge in [-0.25, -0.2) is 28.4 Å². The second kappa shape index (κ2) is 8.58. The van der Waals surface area contributed by atoms with Gasteiger partial charge in [0, 0.05) is 36.8 Å². The summed E-state index contributed by atoms with van der Waals surface area (Å²) in [4.78, 5) is 15.0. The Hall–Kier alpha value is -3.70. The number of pyridine rings is 1. The van der Waals surface area contributed by atoms with Crippen LogP contribution in [0.2, 0.25) is 0 Å². The van der Waals surface area contributed by atoms with E-state index in [1.54, 1.807) is 12.3 Å². The molecule has 0 radical (unpaired) electrons. The normalized spacial score (nSPS) is 14.6. The fourth-order valence-corrected chi connectivity index (χ4v) is 3.80. The van der Waals surface area contributed by atoms with Gasteiger partial charge >= 0.3 is 0 Å². The highest BCUT2D eigenvalue weighted by Crippen LogP contribution is 2.29. The molecule has 176 valence electrons. The number of hydrogen-bond donors (Lipinski definition) is 2. The van der Waals surface area contributed by atoms with Crippen LogP contribution >= 0.6 is 0 Å². The van der Waals surface area contributed by atoms with Gasteiger partial charge in [0.1, 0.15) is 29.5 Å². The minimum Gasteiger partial charge on any atom is -0.386 e. The molecule has 0 unspecified atom stereocenters. The number of anilines is 3. The summed E-state index contributed by atoms with van der Waals surface area (Å²) in [5.41, 5.74) is -1.14. The van der Waals surface area contributed by atoms with E-state index in [9.17, 15) is 13.9 Å². The molecule has 0 saturated carbocycles. The van der Waals surface area contributed by atoms with E-state index in [4.69, 9.17) is 4.74 Å². The number of halogens is 2. The highest BCUT2D eigenvalue weighted by Gasteiger charge is 2.23. The van der Waals surface area contributed by atoms with Crippen LogP contribution in [0.4, 0.5) is 26.2 Å². The lowest BCUT2D eigenvalue weighted by Crippen LogP contribution is -2.36. The lowest BCUT2D eigenvalue weighted by Gasteiger charge is -2.27. The summed E-state index contributed by atoms with van der Waals surface area (Å²) < 4.78 is 36.4. The van der Waals surface area contributed by atoms with E-state index in [2.05, 4.69) is 30.3 Å². The van der Waals surface area contributed by atoms with Crippen LogP contribution in [0.1, 0.15) is 19.4 Å². The lowest BCUT2D eigenvalue weighted by atomic mass is 9.98. The summed E-state index contributed by atoms with van der Waals surface area (Å²) in [6.07, 6.45) is 4.51. The number of aromatic nitrogens is 5. The minimum atomic E-state index is -1.38. The first-order chi connectivity index (χ1) is 16.3. The lowest BCUT2D eigenvalue weighted by molar-refractivity contribution is 0.0778. The number of ether oxygens (including phenoxy) is 1. The first-order valence-corrected chi connectivity index (χ1v) is 10.8. The van der Waals surface area contributed by atoms with E-state index in [0.29, 0.717) is 35.8 Å². The zero-order valence-corrected chi connectivity index (χ0v) is 18.7. The van der Waals surface area contributed by atoms with Crippen LogP contribution < -0.4 is 10.2 Å². The molecule has 4 aromatic rings. The molecule has 9 nitrogen and oxygen atoms in total. The molecule has 1 aliphatic rings. The standard InChI is InChI=1S/C23H23F2N7O2/c1-23(2,33)15-7-16(24)22(17(25)8-15)32-18-9-19(26-11-14(18)12-29-32)30-20-10-21(28-13-27-20)31-3-5-34-6-4-31/h7-13,33H,3-6H2,1-2H3,(H,26,27,28,30). The minimum absolute atomic E-state index is 0.131. The second-order valence-electron chi connectivity index (χ2n) is 8.52. The molecule has 1 fully saturated rings. The molecule has 34 heavy (non-hydrogen) atoms. The molecule has 0 atom stereocenters. The van der Waals surface area contributed by atoms with Gasteiger partial charge in [0.2, 0.25) is 0 Å². The molecule has 0 amide bonds. The summed E-state index contributed by atoms with van der Waals surface area (Å²) >= 11 is 0. The predicted octanol–water partition coefficient (Wildman–Crippen LogP) is 3.30. The monoisotopic (exact) mass is 467 g/mol. The van der Waals surface area contributed by atoms with Crippen LogP contribution in [0.3, 0.4) is 0 Å². The van der Waals surface area contributed by atoms with Gasteiger partial charge in [0.15, 0.2) is 11.6 Å². The Morgan fingerprint density at radius 3 is 2.38 bits per heavy atom. The first-order valence-electron chi connectivity index (χ1n) is 10.8. The summed E-state index contributed by atoms with van der Waals surface area (Å²) in [5.74, 6) is 0.0536. The Bertz CT molecular complexity index is 1320. The molecule has 0 bridgehead atoms. The van der Waals surface area contributed by atoms with E-state index in [1.807, 2.05) is 6.07 Å². The molecule has 3 aromatic heterocycles. The maximum Gasteiger partial charge on any atom is 0.152 e. The number of benzene rings is 1. The number of fused-ring (bicyclic) bond motifs is 1. The van der Waals surface area contributed by atoms with Crippen LogP contribution in [-0.4, -0.2) is 56.1 Å². The molecule has 1 aliphatic heterocycles. The molecular weight excluding hydrogens is 444 g/mol. The maximum atomic E-state index is 14.9. The Morgan fingerprint density at radius 1 is 0.971 bits per heavy atom. The number of aliphatic hydroxyl groups is 1. The summed E-state index contributed by atoms with van der Waals surface area (Å²) in [6.45, 7) is 5.68. The smallest absolute Gasteiger partial charge is 0.152 e. The van der Waals surface area contributed by atoms with Gasteiger partial charge in [0.25, 0.3) is 0 Å². The third-order valence-electron chi connectivity index (χ3n) is 5.63. The summed E-state index contributed by atoms with van der Waals surface area (Å²) in [6, 6.07) is 5.67. The van der Waals surface area contributed by atoms with Crippen molar-refractivity contribution in [2.45, 2.75) is 19.4 Å². The van der Waals surface area contributed by atoms with Crippen molar-refractivity contribution >= 4 is 28.4 Å². The summed E-state index contributed by atoms with van der Waals surface area (Å²) in [5, 5.41) is 18.0. The molecule has 4 heterocycles. The second-order valence-corrected chi connectivity index (χ2v) is 8.52. The SMILES string of the molecule is CC(C)(O)c1cc(F)c(-n2ncc3cnc(Nc4cc(N5CCOCC5)ncn4)cc32)c(F)c1. The molecule has 0 spiro atoms. The average Bonchev–Trinajstić information content (AvgIpc) is 3.22.